The molecule has 3 aliphatic heterocycles. The van der Waals surface area contributed by atoms with Gasteiger partial charge in [0.05, 0.1) is 18.2 Å². The molecule has 0 radical (unpaired) electrons. The molecule has 3 heterocycles. The topological polar surface area (TPSA) is 62.6 Å². The molecule has 3 atom stereocenters. The zero-order chi connectivity index (χ0) is 22.1. The molecular formula is C24H30FN5O. The predicted molar refractivity (Wildman–Crippen MR) is 117 cm³/mol. The van der Waals surface area contributed by atoms with E-state index in [4.69, 9.17) is 0 Å². The Kier molecular flexibility index (Phi) is 5.90. The zero-order valence-electron chi connectivity index (χ0n) is 18.4. The summed E-state index contributed by atoms with van der Waals surface area (Å²) in [7, 11) is 1.77. The Labute approximate surface area is 183 Å². The Hall–Kier alpha value is -3.01. The van der Waals surface area contributed by atoms with Crippen molar-refractivity contribution in [3.63, 3.8) is 0 Å². The van der Waals surface area contributed by atoms with Crippen LogP contribution in [-0.4, -0.2) is 47.0 Å². The third-order valence-corrected chi connectivity index (χ3v) is 6.97. The molecule has 0 saturated carbocycles. The number of nitrogens with zero attached hydrogens (tertiary/aromatic N) is 4. The van der Waals surface area contributed by atoms with E-state index in [0.717, 1.165) is 37.3 Å². The Balaban J connectivity index is 1.74. The maximum Gasteiger partial charge on any atom is 0.327 e. The van der Waals surface area contributed by atoms with Crippen LogP contribution in [0.1, 0.15) is 44.2 Å². The van der Waals surface area contributed by atoms with Gasteiger partial charge in [0.1, 0.15) is 17.8 Å². The van der Waals surface area contributed by atoms with Gasteiger partial charge < -0.3 is 15.1 Å². The molecule has 0 aromatic heterocycles. The predicted octanol–water partition coefficient (Wildman–Crippen LogP) is 3.98. The maximum absolute atomic E-state index is 14.0. The van der Waals surface area contributed by atoms with Crippen molar-refractivity contribution < 1.29 is 9.18 Å². The van der Waals surface area contributed by atoms with Gasteiger partial charge in [-0.1, -0.05) is 20.3 Å². The lowest BCUT2D eigenvalue weighted by molar-refractivity contribution is 0.0952. The summed E-state index contributed by atoms with van der Waals surface area (Å²) in [6.45, 7) is 6.47. The van der Waals surface area contributed by atoms with Gasteiger partial charge in [-0.15, -0.1) is 0 Å². The molecule has 1 saturated heterocycles. The van der Waals surface area contributed by atoms with E-state index in [1.54, 1.807) is 16.8 Å². The number of nitriles is 1. The largest absolute Gasteiger partial charge is 0.367 e. The third-order valence-electron chi connectivity index (χ3n) is 6.97. The van der Waals surface area contributed by atoms with Gasteiger partial charge in [0.25, 0.3) is 0 Å². The van der Waals surface area contributed by atoms with E-state index in [1.165, 1.54) is 24.6 Å². The van der Waals surface area contributed by atoms with Crippen LogP contribution in [0, 0.1) is 29.0 Å². The molecule has 0 aliphatic carbocycles. The summed E-state index contributed by atoms with van der Waals surface area (Å²) in [6.07, 6.45) is 7.11. The summed E-state index contributed by atoms with van der Waals surface area (Å²) < 4.78 is 14.0. The molecule has 6 nitrogen and oxygen atoms in total. The number of likely N-dealkylation sites (tertiary alicyclic amines) is 1. The van der Waals surface area contributed by atoms with Crippen LogP contribution in [-0.2, 0) is 6.54 Å². The quantitative estimate of drug-likeness (QED) is 0.778. The highest BCUT2D eigenvalue weighted by molar-refractivity contribution is 5.79. The van der Waals surface area contributed by atoms with Gasteiger partial charge in [0.2, 0.25) is 0 Å². The number of benzene rings is 1. The third kappa shape index (κ3) is 3.87. The number of urea groups is 1. The molecule has 1 N–H and O–H groups in total. The fourth-order valence-corrected chi connectivity index (χ4v) is 4.94. The highest BCUT2D eigenvalue weighted by Crippen LogP contribution is 2.36. The molecule has 3 aliphatic rings. The highest BCUT2D eigenvalue weighted by atomic mass is 19.1. The van der Waals surface area contributed by atoms with Crippen molar-refractivity contribution in [2.24, 2.45) is 11.8 Å². The number of carbonyl (C=O) groups is 1. The lowest BCUT2D eigenvalue weighted by atomic mass is 9.85. The number of rotatable bonds is 5. The van der Waals surface area contributed by atoms with Crippen LogP contribution in [0.5, 0.6) is 0 Å². The number of hydrogen-bond acceptors (Lipinski definition) is 4. The van der Waals surface area contributed by atoms with Gasteiger partial charge in [-0.3, -0.25) is 4.90 Å². The molecule has 4 rings (SSSR count). The van der Waals surface area contributed by atoms with Crippen LogP contribution < -0.4 is 5.32 Å². The molecule has 1 aromatic rings. The zero-order valence-corrected chi connectivity index (χ0v) is 18.4. The smallest absolute Gasteiger partial charge is 0.327 e. The maximum atomic E-state index is 14.0. The average molecular weight is 424 g/mol. The Morgan fingerprint density at radius 1 is 1.39 bits per heavy atom. The number of halogens is 1. The van der Waals surface area contributed by atoms with Gasteiger partial charge in [-0.2, -0.15) is 5.26 Å². The van der Waals surface area contributed by atoms with E-state index in [1.807, 2.05) is 12.3 Å². The molecule has 3 unspecified atom stereocenters. The van der Waals surface area contributed by atoms with Gasteiger partial charge in [-0.05, 0) is 60.7 Å². The first-order valence-corrected chi connectivity index (χ1v) is 11.1. The van der Waals surface area contributed by atoms with Crippen molar-refractivity contribution in [2.75, 3.05) is 20.1 Å². The Morgan fingerprint density at radius 3 is 2.94 bits per heavy atom. The minimum atomic E-state index is -0.406. The van der Waals surface area contributed by atoms with Gasteiger partial charge in [-0.25, -0.2) is 9.18 Å². The number of piperidine rings is 1. The molecular weight excluding hydrogens is 393 g/mol. The van der Waals surface area contributed by atoms with Crippen LogP contribution in [0.2, 0.25) is 0 Å². The van der Waals surface area contributed by atoms with E-state index in [9.17, 15) is 14.4 Å². The summed E-state index contributed by atoms with van der Waals surface area (Å²) in [5, 5.41) is 12.8. The average Bonchev–Trinajstić information content (AvgIpc) is 3.27. The van der Waals surface area contributed by atoms with Crippen LogP contribution in [0.3, 0.4) is 0 Å². The molecule has 31 heavy (non-hydrogen) atoms. The minimum Gasteiger partial charge on any atom is -0.367 e. The lowest BCUT2D eigenvalue weighted by Crippen LogP contribution is -2.57. The van der Waals surface area contributed by atoms with Crippen molar-refractivity contribution in [1.29, 1.82) is 5.26 Å². The van der Waals surface area contributed by atoms with Crippen molar-refractivity contribution >= 4 is 6.03 Å². The van der Waals surface area contributed by atoms with Crippen molar-refractivity contribution in [3.05, 3.63) is 58.8 Å². The Morgan fingerprint density at radius 2 is 2.19 bits per heavy atom. The van der Waals surface area contributed by atoms with Gasteiger partial charge in [0, 0.05) is 25.7 Å². The van der Waals surface area contributed by atoms with Crippen molar-refractivity contribution in [3.8, 4) is 6.07 Å². The summed E-state index contributed by atoms with van der Waals surface area (Å²) in [5.41, 5.74) is 1.95. The van der Waals surface area contributed by atoms with Crippen LogP contribution in [0.25, 0.3) is 0 Å². The first-order valence-electron chi connectivity index (χ1n) is 11.1. The fourth-order valence-electron chi connectivity index (χ4n) is 4.94. The molecule has 7 heteroatoms. The van der Waals surface area contributed by atoms with Crippen molar-refractivity contribution in [2.45, 2.75) is 45.8 Å². The van der Waals surface area contributed by atoms with Crippen molar-refractivity contribution in [1.82, 2.24) is 20.0 Å². The number of fused-ring (bicyclic) bond motifs is 1. The standard InChI is InChI=1S/C24H30FN5O/c1-4-16(2)18-6-5-11-29(14-18)23-21-9-10-27-22(21)28(3)24(31)30(23)15-19-12-20(25)8-7-17(19)13-26/h7-10,12,16,18,22,27H,4-6,11,14-15H2,1-3H3. The second-order valence-electron chi connectivity index (χ2n) is 8.81. The van der Waals surface area contributed by atoms with Gasteiger partial charge >= 0.3 is 6.03 Å². The number of carbonyl (C=O) groups excluding carboxylic acids is 1. The summed E-state index contributed by atoms with van der Waals surface area (Å²) in [5.74, 6) is 1.67. The van der Waals surface area contributed by atoms with E-state index >= 15 is 0 Å². The second kappa shape index (κ2) is 8.62. The summed E-state index contributed by atoms with van der Waals surface area (Å²) in [6, 6.07) is 6.11. The molecule has 0 spiro atoms. The van der Waals surface area contributed by atoms with Gasteiger partial charge in [0.15, 0.2) is 0 Å². The van der Waals surface area contributed by atoms with Crippen LogP contribution >= 0.6 is 0 Å². The first-order chi connectivity index (χ1) is 14.9. The normalized spacial score (nSPS) is 24.2. The minimum absolute atomic E-state index is 0.154. The summed E-state index contributed by atoms with van der Waals surface area (Å²) >= 11 is 0. The Bertz CT molecular complexity index is 965. The van der Waals surface area contributed by atoms with E-state index < -0.39 is 5.82 Å². The summed E-state index contributed by atoms with van der Waals surface area (Å²) in [4.78, 5) is 19.1. The van der Waals surface area contributed by atoms with E-state index in [2.05, 4.69) is 30.1 Å². The lowest BCUT2D eigenvalue weighted by Gasteiger charge is -2.47. The fraction of sp³-hybridized carbons (Fsp3) is 0.500. The number of amides is 2. The SMILES string of the molecule is CCC(C)C1CCCN(C2=C3C=CNC3N(C)C(=O)N2Cc2cc(F)ccc2C#N)C1. The first kappa shape index (κ1) is 21.2. The molecule has 0 bridgehead atoms. The molecule has 164 valence electrons. The van der Waals surface area contributed by atoms with E-state index in [-0.39, 0.29) is 18.7 Å². The van der Waals surface area contributed by atoms with Crippen LogP contribution in [0.15, 0.2) is 41.9 Å². The molecule has 1 aromatic carbocycles. The highest BCUT2D eigenvalue weighted by Gasteiger charge is 2.41. The number of hydrogen-bond donors (Lipinski definition) is 1. The van der Waals surface area contributed by atoms with Crippen LogP contribution in [0.4, 0.5) is 9.18 Å². The monoisotopic (exact) mass is 423 g/mol. The van der Waals surface area contributed by atoms with E-state index in [0.29, 0.717) is 23.0 Å². The molecule has 1 fully saturated rings. The molecule has 2 amide bonds. The number of likely N-dealkylation sites (N-methyl/N-ethyl adjacent to an activating group) is 1. The second-order valence-corrected chi connectivity index (χ2v) is 8.81. The number of nitrogens with one attached hydrogen (secondary N) is 1.